The van der Waals surface area contributed by atoms with Crippen LogP contribution < -0.4 is 0 Å². The van der Waals surface area contributed by atoms with Gasteiger partial charge in [0.2, 0.25) is 0 Å². The minimum absolute atomic E-state index is 0.697. The molecule has 18 heavy (non-hydrogen) atoms. The summed E-state index contributed by atoms with van der Waals surface area (Å²) < 4.78 is 0. The predicted octanol–water partition coefficient (Wildman–Crippen LogP) is 5.21. The first kappa shape index (κ1) is 17.4. The quantitative estimate of drug-likeness (QED) is 0.194. The number of rotatable bonds is 13. The Morgan fingerprint density at radius 1 is 0.611 bits per heavy atom. The first-order valence-corrected chi connectivity index (χ1v) is 7.46. The van der Waals surface area contributed by atoms with Gasteiger partial charge in [0.1, 0.15) is 0 Å². The molecule has 2 nitrogen and oxygen atoms in total. The van der Waals surface area contributed by atoms with Gasteiger partial charge in [-0.05, 0) is 38.5 Å². The van der Waals surface area contributed by atoms with Crippen molar-refractivity contribution >= 4 is 0 Å². The van der Waals surface area contributed by atoms with Crippen LogP contribution in [-0.2, 0) is 9.78 Å². The molecule has 0 aliphatic carbocycles. The lowest BCUT2D eigenvalue weighted by Crippen LogP contribution is -1.98. The lowest BCUT2D eigenvalue weighted by molar-refractivity contribution is -0.294. The molecule has 0 amide bonds. The highest BCUT2D eigenvalue weighted by atomic mass is 17.2. The van der Waals surface area contributed by atoms with Crippen LogP contribution in [0.25, 0.3) is 0 Å². The summed E-state index contributed by atoms with van der Waals surface area (Å²) in [7, 11) is 0. The van der Waals surface area contributed by atoms with Crippen molar-refractivity contribution in [1.82, 2.24) is 0 Å². The van der Waals surface area contributed by atoms with Crippen LogP contribution in [0.5, 0.6) is 0 Å². The van der Waals surface area contributed by atoms with E-state index in [0.29, 0.717) is 13.2 Å². The minimum atomic E-state index is 0.697. The van der Waals surface area contributed by atoms with Gasteiger partial charge in [-0.3, -0.25) is 0 Å². The van der Waals surface area contributed by atoms with Crippen molar-refractivity contribution in [1.29, 1.82) is 0 Å². The van der Waals surface area contributed by atoms with Gasteiger partial charge >= 0.3 is 0 Å². The highest BCUT2D eigenvalue weighted by Gasteiger charge is 1.89. The average Bonchev–Trinajstić information content (AvgIpc) is 2.39. The Hall–Kier alpha value is -0.600. The fourth-order valence-corrected chi connectivity index (χ4v) is 1.44. The monoisotopic (exact) mass is 254 g/mol. The van der Waals surface area contributed by atoms with Crippen LogP contribution in [0.1, 0.15) is 65.2 Å². The zero-order valence-electron chi connectivity index (χ0n) is 12.2. The second kappa shape index (κ2) is 16.4. The van der Waals surface area contributed by atoms with Crippen LogP contribution in [0.3, 0.4) is 0 Å². The predicted molar refractivity (Wildman–Crippen MR) is 78.5 cm³/mol. The van der Waals surface area contributed by atoms with Crippen LogP contribution in [0.15, 0.2) is 24.3 Å². The van der Waals surface area contributed by atoms with Crippen LogP contribution in [0.2, 0.25) is 0 Å². The standard InChI is InChI=1S/C16H30O2/c1-3-5-7-9-11-13-15-17-18-16-14-12-10-8-6-4-2/h7-10H,3-6,11-16H2,1-2H3. The molecule has 0 spiro atoms. The Kier molecular flexibility index (Phi) is 15.9. The summed E-state index contributed by atoms with van der Waals surface area (Å²) in [4.78, 5) is 10.2. The van der Waals surface area contributed by atoms with Gasteiger partial charge in [-0.15, -0.1) is 0 Å². The van der Waals surface area contributed by atoms with Gasteiger partial charge in [0.05, 0.1) is 13.2 Å². The maximum Gasteiger partial charge on any atom is 0.0825 e. The normalized spacial score (nSPS) is 11.9. The fourth-order valence-electron chi connectivity index (χ4n) is 1.44. The Morgan fingerprint density at radius 2 is 1.00 bits per heavy atom. The van der Waals surface area contributed by atoms with Gasteiger partial charge in [-0.25, -0.2) is 9.78 Å². The van der Waals surface area contributed by atoms with E-state index in [0.717, 1.165) is 25.7 Å². The third kappa shape index (κ3) is 15.4. The van der Waals surface area contributed by atoms with Crippen molar-refractivity contribution in [2.45, 2.75) is 65.2 Å². The molecule has 0 aromatic rings. The third-order valence-electron chi connectivity index (χ3n) is 2.52. The summed E-state index contributed by atoms with van der Waals surface area (Å²) in [6.45, 7) is 5.78. The number of allylic oxidation sites excluding steroid dienone is 4. The molecule has 0 rings (SSSR count). The minimum Gasteiger partial charge on any atom is -0.237 e. The summed E-state index contributed by atoms with van der Waals surface area (Å²) in [5.74, 6) is 0. The number of unbranched alkanes of at least 4 members (excludes halogenated alkanes) is 4. The molecule has 0 saturated heterocycles. The number of hydrogen-bond acceptors (Lipinski definition) is 2. The van der Waals surface area contributed by atoms with Gasteiger partial charge in [-0.2, -0.15) is 0 Å². The largest absolute Gasteiger partial charge is 0.237 e. The van der Waals surface area contributed by atoms with Crippen molar-refractivity contribution in [2.24, 2.45) is 0 Å². The van der Waals surface area contributed by atoms with Crippen LogP contribution in [-0.4, -0.2) is 13.2 Å². The SMILES string of the molecule is CCCC=CCCCOOCCCC=CCCC. The van der Waals surface area contributed by atoms with E-state index in [-0.39, 0.29) is 0 Å². The van der Waals surface area contributed by atoms with E-state index in [2.05, 4.69) is 38.2 Å². The lowest BCUT2D eigenvalue weighted by Gasteiger charge is -2.01. The Labute approximate surface area is 113 Å². The first-order chi connectivity index (χ1) is 8.91. The second-order valence-electron chi connectivity index (χ2n) is 4.45. The summed E-state index contributed by atoms with van der Waals surface area (Å²) in [6, 6.07) is 0. The zero-order valence-corrected chi connectivity index (χ0v) is 12.2. The van der Waals surface area contributed by atoms with E-state index in [1.807, 2.05) is 0 Å². The van der Waals surface area contributed by atoms with Crippen LogP contribution in [0.4, 0.5) is 0 Å². The maximum absolute atomic E-state index is 5.11. The van der Waals surface area contributed by atoms with Gasteiger partial charge < -0.3 is 0 Å². The van der Waals surface area contributed by atoms with E-state index in [1.165, 1.54) is 25.7 Å². The van der Waals surface area contributed by atoms with Crippen molar-refractivity contribution in [3.8, 4) is 0 Å². The van der Waals surface area contributed by atoms with E-state index in [4.69, 9.17) is 9.78 Å². The Morgan fingerprint density at radius 3 is 1.39 bits per heavy atom. The van der Waals surface area contributed by atoms with Gasteiger partial charge in [-0.1, -0.05) is 51.0 Å². The summed E-state index contributed by atoms with van der Waals surface area (Å²) >= 11 is 0. The molecule has 0 aliphatic rings. The Balaban J connectivity index is 3.03. The zero-order chi connectivity index (χ0) is 13.3. The first-order valence-electron chi connectivity index (χ1n) is 7.46. The molecular formula is C16H30O2. The van der Waals surface area contributed by atoms with Crippen molar-refractivity contribution in [3.63, 3.8) is 0 Å². The molecular weight excluding hydrogens is 224 g/mol. The van der Waals surface area contributed by atoms with Crippen LogP contribution >= 0.6 is 0 Å². The molecule has 0 aliphatic heterocycles. The van der Waals surface area contributed by atoms with E-state index >= 15 is 0 Å². The molecule has 0 unspecified atom stereocenters. The highest BCUT2D eigenvalue weighted by molar-refractivity contribution is 4.81. The molecule has 0 fully saturated rings. The lowest BCUT2D eigenvalue weighted by atomic mass is 10.2. The van der Waals surface area contributed by atoms with Crippen molar-refractivity contribution in [2.75, 3.05) is 13.2 Å². The fraction of sp³-hybridized carbons (Fsp3) is 0.750. The topological polar surface area (TPSA) is 18.5 Å². The molecule has 0 aromatic carbocycles. The third-order valence-corrected chi connectivity index (χ3v) is 2.52. The smallest absolute Gasteiger partial charge is 0.0825 e. The van der Waals surface area contributed by atoms with E-state index in [9.17, 15) is 0 Å². The molecule has 0 bridgehead atoms. The summed E-state index contributed by atoms with van der Waals surface area (Å²) in [6.07, 6.45) is 18.0. The van der Waals surface area contributed by atoms with Gasteiger partial charge in [0, 0.05) is 0 Å². The average molecular weight is 254 g/mol. The molecule has 0 aromatic heterocycles. The Bertz CT molecular complexity index is 175. The second-order valence-corrected chi connectivity index (χ2v) is 4.45. The van der Waals surface area contributed by atoms with E-state index < -0.39 is 0 Å². The highest BCUT2D eigenvalue weighted by Crippen LogP contribution is 1.98. The van der Waals surface area contributed by atoms with Gasteiger partial charge in [0.25, 0.3) is 0 Å². The maximum atomic E-state index is 5.11. The summed E-state index contributed by atoms with van der Waals surface area (Å²) in [5, 5.41) is 0. The summed E-state index contributed by atoms with van der Waals surface area (Å²) in [5.41, 5.74) is 0. The van der Waals surface area contributed by atoms with E-state index in [1.54, 1.807) is 0 Å². The molecule has 0 heterocycles. The van der Waals surface area contributed by atoms with Crippen molar-refractivity contribution in [3.05, 3.63) is 24.3 Å². The number of hydrogen-bond donors (Lipinski definition) is 0. The molecule has 0 radical (unpaired) electrons. The molecule has 0 N–H and O–H groups in total. The van der Waals surface area contributed by atoms with Gasteiger partial charge in [0.15, 0.2) is 0 Å². The molecule has 0 saturated carbocycles. The van der Waals surface area contributed by atoms with Crippen molar-refractivity contribution < 1.29 is 9.78 Å². The molecule has 2 heteroatoms. The molecule has 0 atom stereocenters. The molecule has 106 valence electrons. The van der Waals surface area contributed by atoms with Crippen LogP contribution in [0, 0.1) is 0 Å².